The van der Waals surface area contributed by atoms with Crippen LogP contribution in [0.3, 0.4) is 0 Å². The van der Waals surface area contributed by atoms with Crippen molar-refractivity contribution in [2.45, 2.75) is 6.54 Å². The molecule has 210 valence electrons. The number of benzene rings is 1. The van der Waals surface area contributed by atoms with Crippen LogP contribution in [0.4, 0.5) is 20.4 Å². The van der Waals surface area contributed by atoms with Gasteiger partial charge in [0.15, 0.2) is 28.6 Å². The van der Waals surface area contributed by atoms with Crippen LogP contribution in [0.15, 0.2) is 41.1 Å². The van der Waals surface area contributed by atoms with Crippen LogP contribution in [-0.4, -0.2) is 89.8 Å². The minimum atomic E-state index is -1.06. The number of hydrogen-bond acceptors (Lipinski definition) is 10. The summed E-state index contributed by atoms with van der Waals surface area (Å²) >= 11 is 0. The molecule has 0 spiro atoms. The third-order valence-electron chi connectivity index (χ3n) is 6.81. The van der Waals surface area contributed by atoms with Crippen LogP contribution in [0.5, 0.6) is 5.75 Å². The van der Waals surface area contributed by atoms with Crippen molar-refractivity contribution < 1.29 is 22.1 Å². The van der Waals surface area contributed by atoms with Crippen molar-refractivity contribution in [3.63, 3.8) is 0 Å². The number of halogens is 2. The zero-order chi connectivity index (χ0) is 27.8. The summed E-state index contributed by atoms with van der Waals surface area (Å²) in [6.45, 7) is 3.82. The predicted molar refractivity (Wildman–Crippen MR) is 146 cm³/mol. The third-order valence-corrected chi connectivity index (χ3v) is 7.55. The fourth-order valence-corrected chi connectivity index (χ4v) is 5.04. The van der Waals surface area contributed by atoms with Gasteiger partial charge in [-0.15, -0.1) is 5.10 Å². The number of piperazine rings is 1. The van der Waals surface area contributed by atoms with Crippen LogP contribution in [-0.2, 0) is 17.3 Å². The van der Waals surface area contributed by atoms with Gasteiger partial charge in [0.05, 0.1) is 42.4 Å². The molecular formula is C25H27F2N9O3S. The predicted octanol–water partition coefficient (Wildman–Crippen LogP) is 2.17. The lowest BCUT2D eigenvalue weighted by atomic mass is 10.2. The van der Waals surface area contributed by atoms with Gasteiger partial charge in [0, 0.05) is 61.9 Å². The van der Waals surface area contributed by atoms with Crippen LogP contribution in [0, 0.1) is 11.6 Å². The zero-order valence-corrected chi connectivity index (χ0v) is 22.5. The maximum Gasteiger partial charge on any atom is 0.225 e. The smallest absolute Gasteiger partial charge is 0.225 e. The van der Waals surface area contributed by atoms with Crippen LogP contribution >= 0.6 is 0 Å². The van der Waals surface area contributed by atoms with E-state index in [0.717, 1.165) is 11.5 Å². The summed E-state index contributed by atoms with van der Waals surface area (Å²) in [6, 6.07) is 5.75. The molecule has 2 N–H and O–H groups in total. The first kappa shape index (κ1) is 26.1. The Morgan fingerprint density at radius 3 is 2.67 bits per heavy atom. The van der Waals surface area contributed by atoms with Crippen molar-refractivity contribution in [2.24, 2.45) is 0 Å². The quantitative estimate of drug-likeness (QED) is 0.281. The summed E-state index contributed by atoms with van der Waals surface area (Å²) < 4.78 is 54.2. The van der Waals surface area contributed by atoms with Gasteiger partial charge in [-0.3, -0.25) is 9.11 Å². The molecular weight excluding hydrogens is 544 g/mol. The van der Waals surface area contributed by atoms with Crippen LogP contribution in [0.2, 0.25) is 0 Å². The van der Waals surface area contributed by atoms with Gasteiger partial charge in [0.25, 0.3) is 0 Å². The molecule has 0 amide bonds. The Kier molecular flexibility index (Phi) is 7.06. The minimum absolute atomic E-state index is 0.0420. The summed E-state index contributed by atoms with van der Waals surface area (Å²) in [5.41, 5.74) is 7.62. The first-order valence-corrected chi connectivity index (χ1v) is 14.4. The Morgan fingerprint density at radius 2 is 1.93 bits per heavy atom. The van der Waals surface area contributed by atoms with Gasteiger partial charge in [0.1, 0.15) is 5.82 Å². The van der Waals surface area contributed by atoms with Gasteiger partial charge in [-0.05, 0) is 12.1 Å². The highest BCUT2D eigenvalue weighted by Gasteiger charge is 2.23. The highest BCUT2D eigenvalue weighted by atomic mass is 32.2. The molecule has 4 aromatic heterocycles. The second-order valence-corrected chi connectivity index (χ2v) is 11.0. The summed E-state index contributed by atoms with van der Waals surface area (Å²) in [7, 11) is -1.06. The van der Waals surface area contributed by atoms with E-state index in [9.17, 15) is 13.0 Å². The van der Waals surface area contributed by atoms with E-state index in [4.69, 9.17) is 14.9 Å². The molecule has 1 atom stereocenters. The van der Waals surface area contributed by atoms with E-state index in [-0.39, 0.29) is 29.7 Å². The summed E-state index contributed by atoms with van der Waals surface area (Å²) in [4.78, 5) is 13.2. The number of aromatic nitrogens is 6. The topological polar surface area (TPSA) is 133 Å². The monoisotopic (exact) mass is 571 g/mol. The highest BCUT2D eigenvalue weighted by Crippen LogP contribution is 2.29. The lowest BCUT2D eigenvalue weighted by Gasteiger charge is -2.36. The molecule has 0 aliphatic carbocycles. The van der Waals surface area contributed by atoms with Crippen molar-refractivity contribution in [3.8, 4) is 17.3 Å². The normalized spacial score (nSPS) is 15.3. The van der Waals surface area contributed by atoms with E-state index in [1.165, 1.54) is 10.6 Å². The first-order valence-electron chi connectivity index (χ1n) is 12.7. The second-order valence-electron chi connectivity index (χ2n) is 9.41. The molecule has 15 heteroatoms. The molecule has 6 rings (SSSR count). The average molecular weight is 572 g/mol. The molecule has 1 aliphatic rings. The van der Waals surface area contributed by atoms with E-state index in [0.29, 0.717) is 62.1 Å². The largest absolute Gasteiger partial charge is 0.489 e. The number of nitrogens with two attached hydrogens (primary N) is 1. The van der Waals surface area contributed by atoms with E-state index in [1.807, 2.05) is 4.90 Å². The minimum Gasteiger partial charge on any atom is -0.489 e. The molecule has 0 unspecified atom stereocenters. The Morgan fingerprint density at radius 1 is 1.10 bits per heavy atom. The zero-order valence-electron chi connectivity index (χ0n) is 21.7. The number of furan rings is 1. The Bertz CT molecular complexity index is 1680. The molecule has 1 fully saturated rings. The maximum atomic E-state index is 14.6. The number of ether oxygens (including phenoxy) is 1. The van der Waals surface area contributed by atoms with Crippen molar-refractivity contribution in [2.75, 3.05) is 62.0 Å². The van der Waals surface area contributed by atoms with Crippen molar-refractivity contribution in [3.05, 3.63) is 48.4 Å². The summed E-state index contributed by atoms with van der Waals surface area (Å²) in [5, 5.41) is 9.64. The molecule has 5 aromatic rings. The van der Waals surface area contributed by atoms with E-state index in [2.05, 4.69) is 25.1 Å². The van der Waals surface area contributed by atoms with Crippen molar-refractivity contribution >= 4 is 39.1 Å². The van der Waals surface area contributed by atoms with Gasteiger partial charge in [0.2, 0.25) is 11.8 Å². The highest BCUT2D eigenvalue weighted by molar-refractivity contribution is 7.84. The molecule has 12 nitrogen and oxygen atoms in total. The third kappa shape index (κ3) is 5.09. The molecule has 40 heavy (non-hydrogen) atoms. The summed E-state index contributed by atoms with van der Waals surface area (Å²) in [6.07, 6.45) is 4.80. The Hall–Kier alpha value is -4.11. The molecule has 0 saturated carbocycles. The second kappa shape index (κ2) is 10.8. The van der Waals surface area contributed by atoms with Gasteiger partial charge in [-0.25, -0.2) is 18.4 Å². The lowest BCUT2D eigenvalue weighted by molar-refractivity contribution is 0.245. The molecule has 5 heterocycles. The van der Waals surface area contributed by atoms with Crippen LogP contribution < -0.4 is 15.4 Å². The number of nitrogens with zero attached hydrogens (tertiary/aromatic N) is 8. The molecule has 1 saturated heterocycles. The number of rotatable bonds is 9. The van der Waals surface area contributed by atoms with Gasteiger partial charge < -0.3 is 19.8 Å². The van der Waals surface area contributed by atoms with Crippen LogP contribution in [0.1, 0.15) is 0 Å². The van der Waals surface area contributed by atoms with Crippen LogP contribution in [0.25, 0.3) is 28.3 Å². The molecule has 0 bridgehead atoms. The fraction of sp³-hybridized carbons (Fsp3) is 0.360. The Balaban J connectivity index is 1.11. The number of anilines is 2. The SMILES string of the molecule is C[S@](=O)CCOc1cc(N2CCN(CCn3ncc4c3nc(N)n3nc(-c5ccco5)nc43)CC2)c(F)cc1F. The van der Waals surface area contributed by atoms with E-state index in [1.54, 1.807) is 35.5 Å². The number of hydrogen-bond donors (Lipinski definition) is 1. The lowest BCUT2D eigenvalue weighted by Crippen LogP contribution is -2.47. The van der Waals surface area contributed by atoms with E-state index >= 15 is 0 Å². The molecule has 1 aromatic carbocycles. The van der Waals surface area contributed by atoms with Gasteiger partial charge in [-0.2, -0.15) is 14.6 Å². The fourth-order valence-electron chi connectivity index (χ4n) is 4.72. The van der Waals surface area contributed by atoms with E-state index < -0.39 is 22.4 Å². The summed E-state index contributed by atoms with van der Waals surface area (Å²) in [5.74, 6) is -0.0574. The van der Waals surface area contributed by atoms with Gasteiger partial charge >= 0.3 is 0 Å². The first-order chi connectivity index (χ1) is 19.4. The maximum absolute atomic E-state index is 14.6. The van der Waals surface area contributed by atoms with Gasteiger partial charge in [-0.1, -0.05) is 0 Å². The molecule has 0 radical (unpaired) electrons. The number of nitrogen functional groups attached to an aromatic ring is 1. The van der Waals surface area contributed by atoms with Crippen molar-refractivity contribution in [1.82, 2.24) is 34.3 Å². The average Bonchev–Trinajstić information content (AvgIpc) is 3.69. The standard InChI is InChI=1S/C25H27F2N9O3S/c1-40(37)12-11-39-21-14-19(17(26)13-18(21)27)34-7-4-33(5-8-34)6-9-35-23-16(15-29-35)24-30-22(20-3-2-10-38-20)32-36(24)25(28)31-23/h2-3,10,13-15H,4-9,11-12H2,1H3,(H2,28,31)/t40-/m0/s1. The molecule has 1 aliphatic heterocycles. The number of fused-ring (bicyclic) bond motifs is 3. The Labute approximate surface area is 229 Å². The van der Waals surface area contributed by atoms with Crippen molar-refractivity contribution in [1.29, 1.82) is 0 Å².